The van der Waals surface area contributed by atoms with Crippen molar-refractivity contribution >= 4 is 5.78 Å². The van der Waals surface area contributed by atoms with E-state index in [2.05, 4.69) is 18.7 Å². The van der Waals surface area contributed by atoms with Gasteiger partial charge in [0.25, 0.3) is 0 Å². The summed E-state index contributed by atoms with van der Waals surface area (Å²) in [5.74, 6) is 2.10. The Morgan fingerprint density at radius 1 is 1.33 bits per heavy atom. The van der Waals surface area contributed by atoms with Crippen LogP contribution in [-0.4, -0.2) is 30.3 Å². The van der Waals surface area contributed by atoms with Crippen LogP contribution in [0.3, 0.4) is 0 Å². The average Bonchev–Trinajstić information content (AvgIpc) is 2.23. The molecule has 2 atom stereocenters. The van der Waals surface area contributed by atoms with Gasteiger partial charge in [-0.1, -0.05) is 20.8 Å². The van der Waals surface area contributed by atoms with Crippen LogP contribution in [0.5, 0.6) is 0 Å². The molecule has 0 spiro atoms. The first-order valence-corrected chi connectivity index (χ1v) is 6.37. The van der Waals surface area contributed by atoms with Crippen molar-refractivity contribution in [1.29, 1.82) is 0 Å². The fourth-order valence-corrected chi connectivity index (χ4v) is 2.23. The lowest BCUT2D eigenvalue weighted by Crippen LogP contribution is -2.38. The summed E-state index contributed by atoms with van der Waals surface area (Å²) in [5.41, 5.74) is 0. The smallest absolute Gasteiger partial charge is 0.132 e. The molecule has 1 saturated heterocycles. The molecule has 0 amide bonds. The third-order valence-corrected chi connectivity index (χ3v) is 3.74. The van der Waals surface area contributed by atoms with Gasteiger partial charge in [0.15, 0.2) is 0 Å². The third-order valence-electron chi connectivity index (χ3n) is 3.74. The van der Waals surface area contributed by atoms with E-state index in [1.165, 1.54) is 19.5 Å². The zero-order chi connectivity index (χ0) is 11.3. The summed E-state index contributed by atoms with van der Waals surface area (Å²) < 4.78 is 0. The quantitative estimate of drug-likeness (QED) is 0.697. The summed E-state index contributed by atoms with van der Waals surface area (Å²) in [7, 11) is 0. The summed E-state index contributed by atoms with van der Waals surface area (Å²) >= 11 is 0. The minimum Gasteiger partial charge on any atom is -0.303 e. The highest BCUT2D eigenvalue weighted by Crippen LogP contribution is 2.22. The molecule has 0 radical (unpaired) electrons. The van der Waals surface area contributed by atoms with Crippen LogP contribution in [0.25, 0.3) is 0 Å². The number of ketones is 1. The zero-order valence-electron chi connectivity index (χ0n) is 10.5. The molecule has 0 aliphatic carbocycles. The number of hydrogen-bond acceptors (Lipinski definition) is 2. The van der Waals surface area contributed by atoms with E-state index in [0.717, 1.165) is 31.2 Å². The third kappa shape index (κ3) is 4.33. The molecule has 0 aromatic heterocycles. The number of carbonyl (C=O) groups is 1. The molecule has 0 aromatic rings. The van der Waals surface area contributed by atoms with Crippen molar-refractivity contribution in [1.82, 2.24) is 4.90 Å². The van der Waals surface area contributed by atoms with Crippen molar-refractivity contribution in [3.63, 3.8) is 0 Å². The summed E-state index contributed by atoms with van der Waals surface area (Å²) in [6, 6.07) is 0. The van der Waals surface area contributed by atoms with Gasteiger partial charge < -0.3 is 4.90 Å². The number of hydrogen-bond donors (Lipinski definition) is 0. The molecule has 1 aliphatic heterocycles. The minimum atomic E-state index is 0.411. The molecule has 2 heteroatoms. The van der Waals surface area contributed by atoms with Gasteiger partial charge in [-0.25, -0.2) is 0 Å². The Kier molecular flexibility index (Phi) is 5.30. The van der Waals surface area contributed by atoms with Gasteiger partial charge in [0.2, 0.25) is 0 Å². The van der Waals surface area contributed by atoms with Gasteiger partial charge in [-0.05, 0) is 37.8 Å². The summed E-state index contributed by atoms with van der Waals surface area (Å²) in [6.07, 6.45) is 3.85. The topological polar surface area (TPSA) is 20.3 Å². The van der Waals surface area contributed by atoms with Crippen molar-refractivity contribution in [2.45, 2.75) is 46.5 Å². The molecule has 0 saturated carbocycles. The summed E-state index contributed by atoms with van der Waals surface area (Å²) in [5, 5.41) is 0. The monoisotopic (exact) mass is 211 g/mol. The van der Waals surface area contributed by atoms with Crippen molar-refractivity contribution < 1.29 is 4.79 Å². The Morgan fingerprint density at radius 3 is 2.67 bits per heavy atom. The number of piperidine rings is 1. The van der Waals surface area contributed by atoms with Crippen LogP contribution in [0.15, 0.2) is 0 Å². The number of nitrogens with zero attached hydrogens (tertiary/aromatic N) is 1. The maximum atomic E-state index is 11.2. The summed E-state index contributed by atoms with van der Waals surface area (Å²) in [4.78, 5) is 13.7. The number of carbonyl (C=O) groups excluding carboxylic acids is 1. The van der Waals surface area contributed by atoms with Gasteiger partial charge in [0, 0.05) is 19.4 Å². The first-order valence-electron chi connectivity index (χ1n) is 6.37. The van der Waals surface area contributed by atoms with E-state index in [-0.39, 0.29) is 0 Å². The zero-order valence-corrected chi connectivity index (χ0v) is 10.5. The molecule has 1 aliphatic rings. The standard InChI is InChI=1S/C13H25NO/c1-4-13(15)6-5-8-14-9-7-11(2)12(3)10-14/h11-12H,4-10H2,1-3H3. The Balaban J connectivity index is 2.14. The van der Waals surface area contributed by atoms with Crippen LogP contribution in [-0.2, 0) is 4.79 Å². The Bertz CT molecular complexity index is 203. The fraction of sp³-hybridized carbons (Fsp3) is 0.923. The van der Waals surface area contributed by atoms with Gasteiger partial charge in [0.1, 0.15) is 5.78 Å². The lowest BCUT2D eigenvalue weighted by Gasteiger charge is -2.35. The Morgan fingerprint density at radius 2 is 2.07 bits per heavy atom. The number of Topliss-reactive ketones (excluding diaryl/α,β-unsaturated/α-hetero) is 1. The SMILES string of the molecule is CCC(=O)CCCN1CCC(C)C(C)C1. The van der Waals surface area contributed by atoms with Crippen LogP contribution in [0.4, 0.5) is 0 Å². The van der Waals surface area contributed by atoms with E-state index >= 15 is 0 Å². The molecule has 2 unspecified atom stereocenters. The maximum Gasteiger partial charge on any atom is 0.132 e. The fourth-order valence-electron chi connectivity index (χ4n) is 2.23. The molecule has 0 aromatic carbocycles. The number of rotatable bonds is 5. The first-order chi connectivity index (χ1) is 7.13. The van der Waals surface area contributed by atoms with Crippen molar-refractivity contribution in [3.8, 4) is 0 Å². The largest absolute Gasteiger partial charge is 0.303 e. The van der Waals surface area contributed by atoms with Crippen molar-refractivity contribution in [2.75, 3.05) is 19.6 Å². The molecule has 0 bridgehead atoms. The van der Waals surface area contributed by atoms with Gasteiger partial charge in [-0.2, -0.15) is 0 Å². The maximum absolute atomic E-state index is 11.2. The van der Waals surface area contributed by atoms with Crippen LogP contribution in [0, 0.1) is 11.8 Å². The Hall–Kier alpha value is -0.370. The molecule has 1 fully saturated rings. The van der Waals surface area contributed by atoms with Crippen LogP contribution in [0.1, 0.15) is 46.5 Å². The van der Waals surface area contributed by atoms with Gasteiger partial charge in [0.05, 0.1) is 0 Å². The lowest BCUT2D eigenvalue weighted by atomic mass is 9.88. The highest BCUT2D eigenvalue weighted by Gasteiger charge is 2.21. The molecule has 1 heterocycles. The van der Waals surface area contributed by atoms with E-state index in [0.29, 0.717) is 12.2 Å². The molecule has 0 N–H and O–H groups in total. The normalized spacial score (nSPS) is 27.9. The van der Waals surface area contributed by atoms with Crippen LogP contribution >= 0.6 is 0 Å². The van der Waals surface area contributed by atoms with Crippen LogP contribution < -0.4 is 0 Å². The second kappa shape index (κ2) is 6.26. The van der Waals surface area contributed by atoms with Gasteiger partial charge in [-0.3, -0.25) is 4.79 Å². The lowest BCUT2D eigenvalue weighted by molar-refractivity contribution is -0.118. The average molecular weight is 211 g/mol. The van der Waals surface area contributed by atoms with E-state index < -0.39 is 0 Å². The molecule has 2 nitrogen and oxygen atoms in total. The second-order valence-corrected chi connectivity index (χ2v) is 5.04. The summed E-state index contributed by atoms with van der Waals surface area (Å²) in [6.45, 7) is 10.2. The second-order valence-electron chi connectivity index (χ2n) is 5.04. The predicted octanol–water partition coefficient (Wildman–Crippen LogP) is 2.72. The molecular weight excluding hydrogens is 186 g/mol. The van der Waals surface area contributed by atoms with E-state index in [1.807, 2.05) is 6.92 Å². The number of likely N-dealkylation sites (tertiary alicyclic amines) is 1. The minimum absolute atomic E-state index is 0.411. The Labute approximate surface area is 94.0 Å². The van der Waals surface area contributed by atoms with E-state index in [4.69, 9.17) is 0 Å². The molecular formula is C13H25NO. The molecule has 1 rings (SSSR count). The molecule has 88 valence electrons. The highest BCUT2D eigenvalue weighted by molar-refractivity contribution is 5.77. The van der Waals surface area contributed by atoms with E-state index in [1.54, 1.807) is 0 Å². The van der Waals surface area contributed by atoms with Gasteiger partial charge >= 0.3 is 0 Å². The van der Waals surface area contributed by atoms with Gasteiger partial charge in [-0.15, -0.1) is 0 Å². The van der Waals surface area contributed by atoms with E-state index in [9.17, 15) is 4.79 Å². The van der Waals surface area contributed by atoms with Crippen molar-refractivity contribution in [2.24, 2.45) is 11.8 Å². The molecule has 15 heavy (non-hydrogen) atoms. The first kappa shape index (κ1) is 12.7. The predicted molar refractivity (Wildman–Crippen MR) is 63.9 cm³/mol. The van der Waals surface area contributed by atoms with Crippen LogP contribution in [0.2, 0.25) is 0 Å². The highest BCUT2D eigenvalue weighted by atomic mass is 16.1. The van der Waals surface area contributed by atoms with Crippen molar-refractivity contribution in [3.05, 3.63) is 0 Å².